The van der Waals surface area contributed by atoms with Crippen LogP contribution in [0.3, 0.4) is 0 Å². The number of nitrogens with one attached hydrogen (secondary N) is 1. The van der Waals surface area contributed by atoms with E-state index in [0.29, 0.717) is 0 Å². The van der Waals surface area contributed by atoms with Crippen molar-refractivity contribution in [2.75, 3.05) is 23.4 Å². The molecule has 0 aliphatic heterocycles. The molecule has 3 aromatic rings. The number of para-hydroxylation sites is 1. The standard InChI is InChI=1S/C17H19N5S/c1-3-22(4-2)17-18-11-14(23-17)12-19-21-16-10-9-13-7-5-6-8-15(13)20-16/h5-12H,3-4H2,1-2H3,(H,20,21)/b19-12+. The second kappa shape index (κ2) is 7.19. The van der Waals surface area contributed by atoms with Gasteiger partial charge in [-0.05, 0) is 32.0 Å². The SMILES string of the molecule is CCN(CC)c1ncc(/C=N/Nc2ccc3ccccc3n2)s1. The minimum absolute atomic E-state index is 0.730. The predicted octanol–water partition coefficient (Wildman–Crippen LogP) is 3.98. The lowest BCUT2D eigenvalue weighted by Gasteiger charge is -2.16. The van der Waals surface area contributed by atoms with Crippen LogP contribution in [0.15, 0.2) is 47.7 Å². The van der Waals surface area contributed by atoms with Gasteiger partial charge in [0.1, 0.15) is 5.82 Å². The number of hydrazone groups is 1. The maximum Gasteiger partial charge on any atom is 0.185 e. The lowest BCUT2D eigenvalue weighted by Crippen LogP contribution is -2.21. The molecule has 0 saturated carbocycles. The van der Waals surface area contributed by atoms with Gasteiger partial charge in [0.25, 0.3) is 0 Å². The molecule has 0 fully saturated rings. The quantitative estimate of drug-likeness (QED) is 0.550. The summed E-state index contributed by atoms with van der Waals surface area (Å²) < 4.78 is 0. The largest absolute Gasteiger partial charge is 0.349 e. The van der Waals surface area contributed by atoms with Crippen LogP contribution in [-0.4, -0.2) is 29.3 Å². The summed E-state index contributed by atoms with van der Waals surface area (Å²) in [6, 6.07) is 12.0. The number of hydrogen-bond donors (Lipinski definition) is 1. The molecule has 6 heteroatoms. The Bertz CT molecular complexity index is 807. The molecule has 2 aromatic heterocycles. The third-order valence-corrected chi connectivity index (χ3v) is 4.51. The van der Waals surface area contributed by atoms with Crippen molar-refractivity contribution in [3.63, 3.8) is 0 Å². The monoisotopic (exact) mass is 325 g/mol. The van der Waals surface area contributed by atoms with Crippen LogP contribution in [0.2, 0.25) is 0 Å². The normalized spacial score (nSPS) is 11.2. The number of pyridine rings is 1. The van der Waals surface area contributed by atoms with E-state index in [2.05, 4.69) is 39.2 Å². The van der Waals surface area contributed by atoms with Gasteiger partial charge in [-0.15, -0.1) is 0 Å². The molecule has 0 spiro atoms. The van der Waals surface area contributed by atoms with Crippen molar-refractivity contribution in [1.29, 1.82) is 0 Å². The molecule has 3 rings (SSSR count). The van der Waals surface area contributed by atoms with Crippen LogP contribution in [0.4, 0.5) is 10.9 Å². The number of nitrogens with zero attached hydrogens (tertiary/aromatic N) is 4. The number of rotatable bonds is 6. The fourth-order valence-corrected chi connectivity index (χ4v) is 3.18. The molecule has 0 amide bonds. The molecule has 118 valence electrons. The number of anilines is 2. The van der Waals surface area contributed by atoms with E-state index in [1.165, 1.54) is 0 Å². The minimum atomic E-state index is 0.730. The van der Waals surface area contributed by atoms with Gasteiger partial charge >= 0.3 is 0 Å². The molecule has 0 atom stereocenters. The molecule has 0 radical (unpaired) electrons. The molecule has 0 aliphatic rings. The maximum absolute atomic E-state index is 4.52. The second-order valence-electron chi connectivity index (χ2n) is 4.98. The topological polar surface area (TPSA) is 53.4 Å². The van der Waals surface area contributed by atoms with Crippen LogP contribution in [-0.2, 0) is 0 Å². The zero-order valence-electron chi connectivity index (χ0n) is 13.2. The molecule has 0 saturated heterocycles. The summed E-state index contributed by atoms with van der Waals surface area (Å²) >= 11 is 1.63. The number of benzene rings is 1. The third kappa shape index (κ3) is 3.65. The maximum atomic E-state index is 4.52. The van der Waals surface area contributed by atoms with Crippen LogP contribution in [0.25, 0.3) is 10.9 Å². The van der Waals surface area contributed by atoms with Gasteiger partial charge < -0.3 is 4.90 Å². The van der Waals surface area contributed by atoms with E-state index in [1.54, 1.807) is 17.6 Å². The van der Waals surface area contributed by atoms with E-state index in [9.17, 15) is 0 Å². The summed E-state index contributed by atoms with van der Waals surface area (Å²) in [4.78, 5) is 12.2. The highest BCUT2D eigenvalue weighted by Gasteiger charge is 2.06. The van der Waals surface area contributed by atoms with E-state index in [-0.39, 0.29) is 0 Å². The van der Waals surface area contributed by atoms with Crippen molar-refractivity contribution in [3.8, 4) is 0 Å². The van der Waals surface area contributed by atoms with Crippen LogP contribution in [0.5, 0.6) is 0 Å². The summed E-state index contributed by atoms with van der Waals surface area (Å²) in [5, 5.41) is 6.40. The van der Waals surface area contributed by atoms with Gasteiger partial charge in [-0.25, -0.2) is 9.97 Å². The number of thiazole rings is 1. The van der Waals surface area contributed by atoms with Gasteiger partial charge in [-0.1, -0.05) is 29.5 Å². The second-order valence-corrected chi connectivity index (χ2v) is 6.02. The predicted molar refractivity (Wildman–Crippen MR) is 98.6 cm³/mol. The average Bonchev–Trinajstić information content (AvgIpc) is 3.05. The van der Waals surface area contributed by atoms with Crippen LogP contribution in [0.1, 0.15) is 18.7 Å². The smallest absolute Gasteiger partial charge is 0.185 e. The molecule has 0 aliphatic carbocycles. The molecule has 23 heavy (non-hydrogen) atoms. The minimum Gasteiger partial charge on any atom is -0.349 e. The highest BCUT2D eigenvalue weighted by molar-refractivity contribution is 7.17. The number of fused-ring (bicyclic) bond motifs is 1. The van der Waals surface area contributed by atoms with Crippen LogP contribution >= 0.6 is 11.3 Å². The molecule has 1 N–H and O–H groups in total. The molecule has 0 unspecified atom stereocenters. The van der Waals surface area contributed by atoms with Crippen molar-refractivity contribution in [2.45, 2.75) is 13.8 Å². The Morgan fingerprint density at radius 1 is 1.17 bits per heavy atom. The van der Waals surface area contributed by atoms with Crippen molar-refractivity contribution >= 4 is 39.4 Å². The zero-order valence-corrected chi connectivity index (χ0v) is 14.0. The Hall–Kier alpha value is -2.47. The molecular formula is C17H19N5S. The summed E-state index contributed by atoms with van der Waals surface area (Å²) in [5.74, 6) is 0.730. The van der Waals surface area contributed by atoms with E-state index in [4.69, 9.17) is 0 Å². The first-order valence-corrected chi connectivity index (χ1v) is 8.47. The van der Waals surface area contributed by atoms with Gasteiger partial charge in [0.2, 0.25) is 0 Å². The van der Waals surface area contributed by atoms with Crippen LogP contribution < -0.4 is 10.3 Å². The fourth-order valence-electron chi connectivity index (χ4n) is 2.27. The number of aromatic nitrogens is 2. The molecule has 0 bridgehead atoms. The Morgan fingerprint density at radius 3 is 2.83 bits per heavy atom. The molecular weight excluding hydrogens is 306 g/mol. The first-order chi connectivity index (χ1) is 11.3. The van der Waals surface area contributed by atoms with Gasteiger partial charge in [0.15, 0.2) is 5.13 Å². The summed E-state index contributed by atoms with van der Waals surface area (Å²) in [6.45, 7) is 6.18. The van der Waals surface area contributed by atoms with Crippen molar-refractivity contribution in [3.05, 3.63) is 47.5 Å². The van der Waals surface area contributed by atoms with E-state index in [1.807, 2.05) is 42.6 Å². The van der Waals surface area contributed by atoms with Gasteiger partial charge in [-0.2, -0.15) is 5.10 Å². The fraction of sp³-hybridized carbons (Fsp3) is 0.235. The molecule has 2 heterocycles. The van der Waals surface area contributed by atoms with E-state index < -0.39 is 0 Å². The third-order valence-electron chi connectivity index (χ3n) is 3.51. The summed E-state index contributed by atoms with van der Waals surface area (Å²) in [5.41, 5.74) is 3.93. The van der Waals surface area contributed by atoms with Crippen molar-refractivity contribution < 1.29 is 0 Å². The van der Waals surface area contributed by atoms with E-state index in [0.717, 1.165) is 39.8 Å². The first-order valence-electron chi connectivity index (χ1n) is 7.65. The molecule has 5 nitrogen and oxygen atoms in total. The van der Waals surface area contributed by atoms with Gasteiger partial charge in [-0.3, -0.25) is 5.43 Å². The Kier molecular flexibility index (Phi) is 4.83. The number of hydrogen-bond acceptors (Lipinski definition) is 6. The Morgan fingerprint density at radius 2 is 2.00 bits per heavy atom. The highest BCUT2D eigenvalue weighted by Crippen LogP contribution is 2.21. The Labute approximate surface area is 139 Å². The lowest BCUT2D eigenvalue weighted by molar-refractivity contribution is 0.860. The van der Waals surface area contributed by atoms with Gasteiger partial charge in [0.05, 0.1) is 16.6 Å². The Balaban J connectivity index is 1.68. The molecule has 1 aromatic carbocycles. The van der Waals surface area contributed by atoms with E-state index >= 15 is 0 Å². The van der Waals surface area contributed by atoms with Crippen molar-refractivity contribution in [2.24, 2.45) is 5.10 Å². The lowest BCUT2D eigenvalue weighted by atomic mass is 10.2. The average molecular weight is 325 g/mol. The first kappa shape index (κ1) is 15.4. The summed E-state index contributed by atoms with van der Waals surface area (Å²) in [6.07, 6.45) is 3.62. The van der Waals surface area contributed by atoms with Crippen LogP contribution in [0, 0.1) is 0 Å². The van der Waals surface area contributed by atoms with Gasteiger partial charge in [0, 0.05) is 24.7 Å². The van der Waals surface area contributed by atoms with Crippen molar-refractivity contribution in [1.82, 2.24) is 9.97 Å². The summed E-state index contributed by atoms with van der Waals surface area (Å²) in [7, 11) is 0. The highest BCUT2D eigenvalue weighted by atomic mass is 32.1. The zero-order chi connectivity index (χ0) is 16.1.